The van der Waals surface area contributed by atoms with E-state index in [0.717, 1.165) is 38.6 Å². The van der Waals surface area contributed by atoms with Gasteiger partial charge in [0.15, 0.2) is 0 Å². The van der Waals surface area contributed by atoms with Crippen LogP contribution in [0.5, 0.6) is 28.7 Å². The van der Waals surface area contributed by atoms with Crippen LogP contribution >= 0.6 is 0 Å². The third kappa shape index (κ3) is 16.4. The topological polar surface area (TPSA) is 302 Å². The Morgan fingerprint density at radius 2 is 0.609 bits per heavy atom. The van der Waals surface area contributed by atoms with Gasteiger partial charge < -0.3 is 4.42 Å². The summed E-state index contributed by atoms with van der Waals surface area (Å²) in [5.74, 6) is 6.13. The van der Waals surface area contributed by atoms with E-state index in [-0.39, 0.29) is 61.8 Å². The Morgan fingerprint density at radius 1 is 0.297 bits per heavy atom. The summed E-state index contributed by atoms with van der Waals surface area (Å²) in [6, 6.07) is 87.1. The van der Waals surface area contributed by atoms with Gasteiger partial charge in [-0.15, -0.1) is 10.2 Å². The van der Waals surface area contributed by atoms with Gasteiger partial charge in [-0.1, -0.05) is 144 Å². The van der Waals surface area contributed by atoms with Crippen molar-refractivity contribution in [2.75, 3.05) is 0 Å². The Labute approximate surface area is 745 Å². The minimum atomic E-state index is -0.0566. The standard InChI is InChI=1S/C103H81N16O8.Zn/c1-100(2,3)66-40-24-58(25-41-66)92-112-116-96(124-92)62-32-48-70(49-33-62)120-57-81(122-72-52-36-64(37-53-72)98-118-114-94(126-98)60-28-44-68(45-29-60)102(7,8)9)84(123-73-54-38-65(39-55-73)99-119-115-95(127-99)61-30-46-69(47-31-61)103(10,11)12)79-56-82-104-85-74-18-13-14-19-75(74)86(106-85)107-87-76-20-15-16-21-77(76)88(108-87)109-89-78-22-17-23-80(83(78)91(110-89)111-90(79)105-82)121-71-50-34-63(35-51-71)97-117-113-93(125-97)59-26-42-67(43-27-59)101(4,5)6;/h13-55H,1-12H3,(H2,104,105,106,107,108,109,110,111);/q-1;/b84-81-;. The summed E-state index contributed by atoms with van der Waals surface area (Å²) in [6.45, 7) is 26.1. The van der Waals surface area contributed by atoms with Gasteiger partial charge in [-0.25, -0.2) is 0 Å². The number of fused-ring (bicyclic) bond motifs is 17. The molecule has 25 heteroatoms. The molecule has 2 aliphatic rings. The van der Waals surface area contributed by atoms with Crippen molar-refractivity contribution in [1.82, 2.24) is 80.7 Å². The van der Waals surface area contributed by atoms with E-state index < -0.39 is 0 Å². The molecule has 0 amide bonds. The van der Waals surface area contributed by atoms with Crippen molar-refractivity contribution in [2.45, 2.75) is 105 Å². The van der Waals surface area contributed by atoms with Crippen molar-refractivity contribution in [3.63, 3.8) is 0 Å². The molecule has 0 fully saturated rings. The Morgan fingerprint density at radius 3 is 0.992 bits per heavy atom. The van der Waals surface area contributed by atoms with E-state index in [9.17, 15) is 0 Å². The molecule has 0 radical (unpaired) electrons. The summed E-state index contributed by atoms with van der Waals surface area (Å²) in [4.78, 5) is 39.3. The second kappa shape index (κ2) is 32.2. The second-order valence-corrected chi connectivity index (χ2v) is 36.8. The number of hydrogen-bond acceptors (Lipinski definition) is 22. The third-order valence-corrected chi connectivity index (χ3v) is 23.3. The van der Waals surface area contributed by atoms with E-state index in [1.54, 1.807) is 24.3 Å². The summed E-state index contributed by atoms with van der Waals surface area (Å²) in [5.41, 5.74) is 14.4. The van der Waals surface area contributed by atoms with Crippen LogP contribution in [0.1, 0.15) is 111 Å². The van der Waals surface area contributed by atoms with Crippen LogP contribution in [-0.4, -0.2) is 85.0 Å². The van der Waals surface area contributed by atoms with E-state index in [1.165, 1.54) is 22.3 Å². The number of nitrogens with zero attached hydrogens (tertiary/aromatic N) is 14. The molecule has 7 aromatic heterocycles. The van der Waals surface area contributed by atoms with Crippen LogP contribution in [-0.2, 0) is 39.5 Å². The first kappa shape index (κ1) is 80.9. The Balaban J connectivity index is 0.758. The van der Waals surface area contributed by atoms with Gasteiger partial charge in [-0.05, 0) is 80.3 Å². The molecule has 2 aliphatic heterocycles. The fraction of sp³-hybridized carbons (Fsp3) is 0.155. The van der Waals surface area contributed by atoms with Gasteiger partial charge in [0.1, 0.15) is 0 Å². The third-order valence-electron chi connectivity index (χ3n) is 22.3. The maximum atomic E-state index is 7.49. The van der Waals surface area contributed by atoms with Gasteiger partial charge in [-0.3, -0.25) is 0 Å². The molecular formula is C103H81N16O8Zn-. The molecular weight excluding hydrogens is 1650 g/mol. The summed E-state index contributed by atoms with van der Waals surface area (Å²) < 4.78 is 54.8. The van der Waals surface area contributed by atoms with Crippen molar-refractivity contribution >= 4 is 43.4 Å². The van der Waals surface area contributed by atoms with Crippen molar-refractivity contribution in [3.05, 3.63) is 300 Å². The molecule has 624 valence electrons. The molecule has 2 N–H and O–H groups in total. The van der Waals surface area contributed by atoms with Crippen LogP contribution in [0.3, 0.4) is 0 Å². The molecule has 0 atom stereocenters. The maximum absolute atomic E-state index is 7.49. The average Bonchev–Trinajstić information content (AvgIpc) is 1.62. The molecule has 20 rings (SSSR count). The Hall–Kier alpha value is -15.5. The van der Waals surface area contributed by atoms with E-state index in [0.29, 0.717) is 160 Å². The molecule has 128 heavy (non-hydrogen) atoms. The molecule has 8 bridgehead atoms. The molecule has 0 saturated carbocycles. The van der Waals surface area contributed by atoms with Crippen molar-refractivity contribution < 1.29 is 54.5 Å². The summed E-state index contributed by atoms with van der Waals surface area (Å²) in [6.07, 6.45) is 0. The van der Waals surface area contributed by atoms with Gasteiger partial charge in [0.2, 0.25) is 11.8 Å². The quantitative estimate of drug-likeness (QED) is 0.0458. The first-order chi connectivity index (χ1) is 61.7. The van der Waals surface area contributed by atoms with E-state index in [2.05, 4.69) is 188 Å². The number of aromatic amines is 2. The van der Waals surface area contributed by atoms with Crippen molar-refractivity contribution in [3.8, 4) is 166 Å². The average molecular weight is 1740 g/mol. The monoisotopic (exact) mass is 1730 g/mol. The number of ether oxygens (including phenoxy) is 4. The van der Waals surface area contributed by atoms with Gasteiger partial charge in [-0.2, -0.15) is 0 Å². The predicted molar refractivity (Wildman–Crippen MR) is 487 cm³/mol. The minimum absolute atomic E-state index is 0.0255. The number of nitrogens with one attached hydrogen (secondary N) is 2. The van der Waals surface area contributed by atoms with Crippen LogP contribution in [0, 0.1) is 6.07 Å². The summed E-state index contributed by atoms with van der Waals surface area (Å²) in [7, 11) is 0. The Bertz CT molecular complexity index is 7520. The Kier molecular flexibility index (Phi) is 20.4. The van der Waals surface area contributed by atoms with E-state index in [4.69, 9.17) is 66.5 Å². The predicted octanol–water partition coefficient (Wildman–Crippen LogP) is 23.9. The van der Waals surface area contributed by atoms with Crippen LogP contribution in [0.4, 0.5) is 0 Å². The molecule has 24 nitrogen and oxygen atoms in total. The van der Waals surface area contributed by atoms with Gasteiger partial charge in [0.05, 0.1) is 0 Å². The molecule has 0 unspecified atom stereocenters. The van der Waals surface area contributed by atoms with Crippen molar-refractivity contribution in [2.24, 2.45) is 0 Å². The fourth-order valence-electron chi connectivity index (χ4n) is 15.0. The van der Waals surface area contributed by atoms with Crippen LogP contribution in [0.2, 0.25) is 0 Å². The molecule has 0 aliphatic carbocycles. The summed E-state index contributed by atoms with van der Waals surface area (Å²) >= 11 is 0.324. The zero-order valence-electron chi connectivity index (χ0n) is 72.1. The number of rotatable bonds is 18. The molecule has 11 aromatic carbocycles. The van der Waals surface area contributed by atoms with Gasteiger partial charge in [0.25, 0.3) is 0 Å². The van der Waals surface area contributed by atoms with Crippen LogP contribution in [0.25, 0.3) is 176 Å². The van der Waals surface area contributed by atoms with E-state index in [1.807, 2.05) is 188 Å². The normalized spacial score (nSPS) is 12.4. The first-order valence-corrected chi connectivity index (χ1v) is 43.3. The molecule has 0 spiro atoms. The zero-order chi connectivity index (χ0) is 87.9. The fourth-order valence-corrected chi connectivity index (χ4v) is 15.9. The second-order valence-electron chi connectivity index (χ2n) is 35.4. The number of hydrogen-bond donors (Lipinski definition) is 2. The summed E-state index contributed by atoms with van der Waals surface area (Å²) in [5, 5.41) is 37.5. The number of aromatic nitrogens is 16. The van der Waals surface area contributed by atoms with Gasteiger partial charge >= 0.3 is 483 Å². The first-order valence-electron chi connectivity index (χ1n) is 41.9. The SMILES string of the molecule is CC(C)(C)c1ccc(-c2nnc(-c3ccc(O[C](=[Zn])/C(Oc4ccc(-c5nnc(-c6ccc(C(C)(C)C)cc6)o5)cc4)=C(/Oc4ccc(-c5nnc(-c6ccc(C(C)(C)C)cc6)o5)cc4)c4[c-]c5nc6nc(nc7[nH]c(nc8nc(nc4[nH]5)-c4c(Oc5ccc(-c9nnc(-c%10ccc(C(C)(C)C)cc%10)o9)cc5)cccc4-8)c4ccccc74)-c4ccccc4-6)cc3)o2)cc1. The zero-order valence-corrected chi connectivity index (χ0v) is 75.0. The van der Waals surface area contributed by atoms with Gasteiger partial charge in [0, 0.05) is 16.5 Å². The molecule has 0 saturated heterocycles. The van der Waals surface area contributed by atoms with Crippen molar-refractivity contribution in [1.29, 1.82) is 0 Å². The van der Waals surface area contributed by atoms with Crippen LogP contribution < -0.4 is 18.9 Å². The molecule has 18 aromatic rings. The number of H-pyrrole nitrogens is 2. The van der Waals surface area contributed by atoms with Crippen LogP contribution in [0.15, 0.2) is 284 Å². The molecule has 9 heterocycles. The van der Waals surface area contributed by atoms with E-state index >= 15 is 0 Å². The number of benzene rings is 11.